The molecular formula is C14H14N2O2S. The molecule has 0 aliphatic rings. The van der Waals surface area contributed by atoms with Crippen molar-refractivity contribution in [3.63, 3.8) is 0 Å². The molecular weight excluding hydrogens is 260 g/mol. The number of hydrogen-bond donors (Lipinski definition) is 0. The minimum Gasteiger partial charge on any atom is -0.497 e. The van der Waals surface area contributed by atoms with Crippen molar-refractivity contribution in [1.82, 2.24) is 4.57 Å². The Kier molecular flexibility index (Phi) is 4.30. The molecule has 0 aliphatic carbocycles. The van der Waals surface area contributed by atoms with E-state index in [0.717, 1.165) is 11.3 Å². The molecule has 98 valence electrons. The Labute approximate surface area is 115 Å². The molecule has 1 aromatic carbocycles. The molecule has 0 bridgehead atoms. The van der Waals surface area contributed by atoms with Gasteiger partial charge in [-0.1, -0.05) is 12.1 Å². The van der Waals surface area contributed by atoms with Crippen molar-refractivity contribution >= 4 is 23.3 Å². The summed E-state index contributed by atoms with van der Waals surface area (Å²) in [6.07, 6.45) is 5.06. The van der Waals surface area contributed by atoms with Crippen molar-refractivity contribution in [2.24, 2.45) is 12.0 Å². The molecule has 1 heterocycles. The van der Waals surface area contributed by atoms with E-state index in [1.54, 1.807) is 13.2 Å². The fourth-order valence-electron chi connectivity index (χ4n) is 1.45. The molecule has 0 fully saturated rings. The van der Waals surface area contributed by atoms with Gasteiger partial charge in [-0.05, 0) is 23.8 Å². The number of benzene rings is 1. The van der Waals surface area contributed by atoms with E-state index in [2.05, 4.69) is 4.99 Å². The predicted octanol–water partition coefficient (Wildman–Crippen LogP) is 2.24. The molecule has 0 unspecified atom stereocenters. The van der Waals surface area contributed by atoms with Crippen molar-refractivity contribution in [2.75, 3.05) is 7.11 Å². The first kappa shape index (κ1) is 13.3. The molecule has 2 aromatic rings. The van der Waals surface area contributed by atoms with Gasteiger partial charge in [-0.15, -0.1) is 11.3 Å². The first-order chi connectivity index (χ1) is 9.19. The zero-order chi connectivity index (χ0) is 13.7. The van der Waals surface area contributed by atoms with Crippen molar-refractivity contribution in [3.8, 4) is 5.75 Å². The smallest absolute Gasteiger partial charge is 0.272 e. The Morgan fingerprint density at radius 2 is 2.11 bits per heavy atom. The van der Waals surface area contributed by atoms with Crippen LogP contribution in [-0.2, 0) is 11.8 Å². The van der Waals surface area contributed by atoms with Gasteiger partial charge in [0.05, 0.1) is 7.11 Å². The summed E-state index contributed by atoms with van der Waals surface area (Å²) in [7, 11) is 3.48. The predicted molar refractivity (Wildman–Crippen MR) is 75.9 cm³/mol. The van der Waals surface area contributed by atoms with Crippen LogP contribution < -0.4 is 9.54 Å². The van der Waals surface area contributed by atoms with E-state index in [4.69, 9.17) is 4.74 Å². The van der Waals surface area contributed by atoms with E-state index >= 15 is 0 Å². The average Bonchev–Trinajstić information content (AvgIpc) is 2.82. The van der Waals surface area contributed by atoms with Gasteiger partial charge in [-0.25, -0.2) is 0 Å². The first-order valence-corrected chi connectivity index (χ1v) is 6.58. The van der Waals surface area contributed by atoms with Gasteiger partial charge >= 0.3 is 0 Å². The van der Waals surface area contributed by atoms with E-state index in [9.17, 15) is 4.79 Å². The van der Waals surface area contributed by atoms with Crippen LogP contribution in [0.2, 0.25) is 0 Å². The summed E-state index contributed by atoms with van der Waals surface area (Å²) in [4.78, 5) is 16.4. The lowest BCUT2D eigenvalue weighted by atomic mass is 10.2. The van der Waals surface area contributed by atoms with Crippen LogP contribution in [0.1, 0.15) is 5.56 Å². The zero-order valence-electron chi connectivity index (χ0n) is 10.7. The number of amides is 1. The fraction of sp³-hybridized carbons (Fsp3) is 0.143. The normalized spacial score (nSPS) is 12.0. The Balaban J connectivity index is 2.10. The van der Waals surface area contributed by atoms with Gasteiger partial charge < -0.3 is 9.30 Å². The molecule has 4 nitrogen and oxygen atoms in total. The van der Waals surface area contributed by atoms with Gasteiger partial charge in [0.15, 0.2) is 4.80 Å². The highest BCUT2D eigenvalue weighted by molar-refractivity contribution is 7.07. The Hall–Kier alpha value is -2.14. The van der Waals surface area contributed by atoms with Crippen molar-refractivity contribution < 1.29 is 9.53 Å². The van der Waals surface area contributed by atoms with Crippen LogP contribution in [0, 0.1) is 0 Å². The number of carbonyl (C=O) groups is 1. The van der Waals surface area contributed by atoms with Gasteiger partial charge in [0.1, 0.15) is 5.75 Å². The molecule has 0 spiro atoms. The summed E-state index contributed by atoms with van der Waals surface area (Å²) >= 11 is 1.43. The third kappa shape index (κ3) is 3.66. The number of hydrogen-bond acceptors (Lipinski definition) is 3. The first-order valence-electron chi connectivity index (χ1n) is 5.70. The lowest BCUT2D eigenvalue weighted by Gasteiger charge is -1.98. The van der Waals surface area contributed by atoms with E-state index < -0.39 is 0 Å². The van der Waals surface area contributed by atoms with E-state index in [1.165, 1.54) is 17.4 Å². The van der Waals surface area contributed by atoms with Crippen LogP contribution in [0.5, 0.6) is 5.75 Å². The van der Waals surface area contributed by atoms with Crippen molar-refractivity contribution in [1.29, 1.82) is 0 Å². The number of carbonyl (C=O) groups excluding carboxylic acids is 1. The summed E-state index contributed by atoms with van der Waals surface area (Å²) in [5, 5.41) is 1.89. The number of rotatable bonds is 3. The van der Waals surface area contributed by atoms with Gasteiger partial charge in [0, 0.05) is 24.7 Å². The van der Waals surface area contributed by atoms with Crippen LogP contribution in [-0.4, -0.2) is 17.6 Å². The second-order valence-electron chi connectivity index (χ2n) is 3.85. The highest BCUT2D eigenvalue weighted by Crippen LogP contribution is 2.12. The second-order valence-corrected chi connectivity index (χ2v) is 4.73. The second kappa shape index (κ2) is 6.15. The number of aromatic nitrogens is 1. The Morgan fingerprint density at radius 1 is 1.37 bits per heavy atom. The fourth-order valence-corrected chi connectivity index (χ4v) is 2.18. The molecule has 0 N–H and O–H groups in total. The molecule has 1 aromatic heterocycles. The summed E-state index contributed by atoms with van der Waals surface area (Å²) < 4.78 is 6.88. The van der Waals surface area contributed by atoms with Crippen LogP contribution in [0.15, 0.2) is 46.9 Å². The molecule has 1 amide bonds. The minimum atomic E-state index is -0.270. The van der Waals surface area contributed by atoms with Gasteiger partial charge in [-0.3, -0.25) is 4.79 Å². The van der Waals surface area contributed by atoms with Gasteiger partial charge in [0.25, 0.3) is 5.91 Å². The summed E-state index contributed by atoms with van der Waals surface area (Å²) in [6, 6.07) is 7.46. The lowest BCUT2D eigenvalue weighted by molar-refractivity contribution is -0.113. The van der Waals surface area contributed by atoms with Gasteiger partial charge in [0.2, 0.25) is 0 Å². The van der Waals surface area contributed by atoms with Crippen molar-refractivity contribution in [3.05, 3.63) is 52.3 Å². The topological polar surface area (TPSA) is 43.6 Å². The average molecular weight is 274 g/mol. The largest absolute Gasteiger partial charge is 0.497 e. The summed E-state index contributed by atoms with van der Waals surface area (Å²) in [5.41, 5.74) is 0.930. The quantitative estimate of drug-likeness (QED) is 0.806. The highest BCUT2D eigenvalue weighted by Gasteiger charge is 1.95. The van der Waals surface area contributed by atoms with Crippen molar-refractivity contribution in [2.45, 2.75) is 0 Å². The van der Waals surface area contributed by atoms with Crippen LogP contribution >= 0.6 is 11.3 Å². The number of aryl methyl sites for hydroxylation is 1. The van der Waals surface area contributed by atoms with Crippen LogP contribution in [0.4, 0.5) is 0 Å². The Bertz CT molecular complexity index is 651. The minimum absolute atomic E-state index is 0.270. The molecule has 2 rings (SSSR count). The molecule has 0 saturated carbocycles. The zero-order valence-corrected chi connectivity index (χ0v) is 11.6. The number of thiazole rings is 1. The summed E-state index contributed by atoms with van der Waals surface area (Å²) in [6.45, 7) is 0. The van der Waals surface area contributed by atoms with E-state index in [1.807, 2.05) is 47.5 Å². The van der Waals surface area contributed by atoms with Crippen LogP contribution in [0.25, 0.3) is 6.08 Å². The molecule has 5 heteroatoms. The molecule has 19 heavy (non-hydrogen) atoms. The third-order valence-corrected chi connectivity index (χ3v) is 3.35. The highest BCUT2D eigenvalue weighted by atomic mass is 32.1. The molecule has 0 radical (unpaired) electrons. The Morgan fingerprint density at radius 3 is 2.68 bits per heavy atom. The monoisotopic (exact) mass is 274 g/mol. The maximum absolute atomic E-state index is 11.7. The standard InChI is InChI=1S/C14H14N2O2S/c1-16-9-10-19-14(16)15-13(17)8-5-11-3-6-12(18-2)7-4-11/h3-10H,1-2H3. The van der Waals surface area contributed by atoms with E-state index in [0.29, 0.717) is 4.80 Å². The maximum atomic E-state index is 11.7. The van der Waals surface area contributed by atoms with Gasteiger partial charge in [-0.2, -0.15) is 4.99 Å². The number of ether oxygens (including phenoxy) is 1. The molecule has 0 atom stereocenters. The SMILES string of the molecule is COc1ccc(C=CC(=O)N=c2sccn2C)cc1. The molecule has 0 saturated heterocycles. The molecule has 0 aliphatic heterocycles. The van der Waals surface area contributed by atoms with E-state index in [-0.39, 0.29) is 5.91 Å². The number of methoxy groups -OCH3 is 1. The number of nitrogens with zero attached hydrogens (tertiary/aromatic N) is 2. The summed E-state index contributed by atoms with van der Waals surface area (Å²) in [5.74, 6) is 0.521. The third-order valence-electron chi connectivity index (χ3n) is 2.50. The lowest BCUT2D eigenvalue weighted by Crippen LogP contribution is -2.11. The maximum Gasteiger partial charge on any atom is 0.272 e. The van der Waals surface area contributed by atoms with Crippen LogP contribution in [0.3, 0.4) is 0 Å².